The van der Waals surface area contributed by atoms with Gasteiger partial charge >= 0.3 is 5.97 Å². The van der Waals surface area contributed by atoms with E-state index in [9.17, 15) is 72.9 Å². The van der Waals surface area contributed by atoms with Crippen LogP contribution in [0.15, 0.2) is 67.3 Å². The molecular formula is C94H142N28O24S3. The van der Waals surface area contributed by atoms with Gasteiger partial charge in [0, 0.05) is 73.7 Å². The van der Waals surface area contributed by atoms with Crippen molar-refractivity contribution in [2.24, 2.45) is 40.7 Å². The molecule has 0 bridgehead atoms. The van der Waals surface area contributed by atoms with Crippen LogP contribution in [0.2, 0.25) is 0 Å². The van der Waals surface area contributed by atoms with Crippen LogP contribution in [0.4, 0.5) is 0 Å². The summed E-state index contributed by atoms with van der Waals surface area (Å²) in [6.07, 6.45) is 1.96. The summed E-state index contributed by atoms with van der Waals surface area (Å²) in [6, 6.07) is -12.6. The normalized spacial score (nSPS) is 21.0. The maximum Gasteiger partial charge on any atom is 0.305 e. The number of amides is 20. The van der Waals surface area contributed by atoms with Gasteiger partial charge in [-0.3, -0.25) is 106 Å². The van der Waals surface area contributed by atoms with E-state index in [1.54, 1.807) is 64.4 Å². The second-order valence-electron chi connectivity index (χ2n) is 37.5. The fourth-order valence-corrected chi connectivity index (χ4v) is 19.3. The highest BCUT2D eigenvalue weighted by Gasteiger charge is 2.45. The quantitative estimate of drug-likeness (QED) is 0.00846. The van der Waals surface area contributed by atoms with Gasteiger partial charge in [-0.15, -0.1) is 0 Å². The van der Waals surface area contributed by atoms with E-state index in [-0.39, 0.29) is 144 Å². The van der Waals surface area contributed by atoms with Crippen molar-refractivity contribution in [3.63, 3.8) is 0 Å². The van der Waals surface area contributed by atoms with E-state index < -0.39 is 296 Å². The number of aliphatic carboxylic acids is 1. The van der Waals surface area contributed by atoms with Crippen LogP contribution in [0.5, 0.6) is 5.75 Å². The largest absolute Gasteiger partial charge is 0.508 e. The molecule has 820 valence electrons. The van der Waals surface area contributed by atoms with Crippen LogP contribution in [-0.4, -0.2) is 349 Å². The van der Waals surface area contributed by atoms with Crippen LogP contribution in [0, 0.1) is 23.2 Å². The Bertz CT molecular complexity index is 5310. The van der Waals surface area contributed by atoms with Crippen LogP contribution in [0.3, 0.4) is 0 Å². The van der Waals surface area contributed by atoms with Crippen molar-refractivity contribution in [3.05, 3.63) is 84.1 Å². The minimum absolute atomic E-state index is 0.00329. The Kier molecular flexibility index (Phi) is 50.6. The van der Waals surface area contributed by atoms with Gasteiger partial charge in [-0.05, 0) is 150 Å². The number of H-pyrrole nitrogens is 2. The number of carboxylic acid groups (broad SMARTS) is 1. The number of benzene rings is 2. The van der Waals surface area contributed by atoms with Gasteiger partial charge in [0.05, 0.1) is 57.3 Å². The maximum atomic E-state index is 15.8. The standard InChI is InChI=1S/C94H142N28O24S3/c1-48(2)32-61(80(133)105-42-73(127)103-41-71(97)125)114-90(143)70-21-15-30-122(70)93(146)60(18-11-12-27-95)111-88(141)68-46-149-148-45-67(117-83(136)65(36-54-40-100-47-107-54)113-82(135)63(34-52-22-24-55(124)25-23-52)112-84(137)66(37-76(130)131)108-74(128)43-104-72(126)38-96)87(140)109-58(19-13-28-101-94(98)99)81(134)110-59(26-31-147-8)79(132)106-44-75(129)121-29-14-20-69(121)89(142)115-62(33-49(3)4)85(138)120-78(51(7)123)92(145)116-64(86(139)119-77(50(5)6)91(144)118-68)35-53-39-102-57-17-10-9-16-56(53)57/h9-10,16-17,22-25,39-40,47-51,58-70,77-78,102,123-124H,11-15,18-21,26-38,41-46,95-96H2,1-8H3,(H2,97,125)(H,100,107)(H,103,127)(H,104,126)(H,105,133)(H,106,132)(H,108,128)(H,109,140)(H,110,134)(H,111,141)(H,112,137)(H,113,135)(H,114,143)(H,115,142)(H,116,145)(H,117,136)(H,118,144)(H,119,139)(H,120,138)(H,130,131)(H4,98,99,101)/t51-,58+,59+,60+,61+,62+,63+,64+,65+,66+,67+,68+,69+,70+,77+,78+/m1/s1. The molecule has 52 nitrogen and oxygen atoms in total. The van der Waals surface area contributed by atoms with Crippen LogP contribution < -0.4 is 119 Å². The van der Waals surface area contributed by atoms with Crippen molar-refractivity contribution < 1.29 is 116 Å². The Balaban J connectivity index is 1.39. The number of phenols is 1. The Morgan fingerprint density at radius 1 is 0.584 bits per heavy atom. The number of aromatic hydroxyl groups is 1. The molecule has 32 N–H and O–H groups in total. The van der Waals surface area contributed by atoms with Crippen molar-refractivity contribution in [2.45, 2.75) is 248 Å². The molecule has 149 heavy (non-hydrogen) atoms. The second-order valence-corrected chi connectivity index (χ2v) is 41.0. The molecular weight excluding hydrogens is 2000 g/mol. The van der Waals surface area contributed by atoms with E-state index >= 15 is 43.2 Å². The number of carbonyl (C=O) groups excluding carboxylic acids is 20. The number of phenolic OH excluding ortho intramolecular Hbond substituents is 1. The summed E-state index contributed by atoms with van der Waals surface area (Å²) in [6.45, 7) is 7.93. The molecule has 7 rings (SSSR count). The lowest BCUT2D eigenvalue weighted by atomic mass is 9.99. The average Bonchev–Trinajstić information content (AvgIpc) is 1.70. The molecule has 0 spiro atoms. The summed E-state index contributed by atoms with van der Waals surface area (Å²) in [5.74, 6) is -24.5. The van der Waals surface area contributed by atoms with Crippen molar-refractivity contribution in [2.75, 3.05) is 82.4 Å². The highest BCUT2D eigenvalue weighted by molar-refractivity contribution is 8.76. The third-order valence-electron chi connectivity index (χ3n) is 24.2. The van der Waals surface area contributed by atoms with Gasteiger partial charge < -0.3 is 154 Å². The third-order valence-corrected chi connectivity index (χ3v) is 27.3. The SMILES string of the molecule is CSCC[C@@H]1NC(=O)[C@H](CCCNC(=N)N)NC(=O)[C@@H](NC(=O)[C@H](Cc2c[nH]cn2)NC(=O)[C@H](Cc2ccc(O)cc2)NC(=O)[C@H](CC(=O)O)NC(=O)CNC(=O)CN)CSSC[C@@H](C(=O)N[C@@H](CCCCN)C(=O)N2CCC[C@H]2C(=O)N[C@@H](CC(C)C)C(=O)NCC(=O)NCC(N)=O)NC(=O)[C@H](C(C)C)NC(=O)[C@H](Cc2c[nH]c3ccccc23)NC(=O)[C@H]([C@@H](C)O)NC(=O)[C@H](CC(C)C)NC(=O)[C@@H]2CCCN2C(=O)CNC1=O. The zero-order valence-corrected chi connectivity index (χ0v) is 86.9. The van der Waals surface area contributed by atoms with Crippen LogP contribution in [0.1, 0.15) is 149 Å². The summed E-state index contributed by atoms with van der Waals surface area (Å²) in [7, 11) is 1.48. The molecule has 3 aliphatic rings. The number of rotatable bonds is 45. The molecule has 5 heterocycles. The number of primary amides is 1. The monoisotopic (exact) mass is 2140 g/mol. The van der Waals surface area contributed by atoms with Crippen molar-refractivity contribution in [1.29, 1.82) is 5.41 Å². The minimum atomic E-state index is -1.95. The zero-order valence-electron chi connectivity index (χ0n) is 84.4. The smallest absolute Gasteiger partial charge is 0.305 e. The number of nitrogens with two attached hydrogens (primary N) is 4. The molecule has 16 atom stereocenters. The number of thioether (sulfide) groups is 1. The number of guanidine groups is 1. The Hall–Kier alpha value is -13.9. The molecule has 3 aliphatic heterocycles. The number of hydrogen-bond acceptors (Lipinski definition) is 30. The van der Waals surface area contributed by atoms with Gasteiger partial charge in [-0.1, -0.05) is 93.5 Å². The number of hydrogen-bond donors (Lipinski definition) is 28. The number of imidazole rings is 1. The number of nitrogens with zero attached hydrogens (tertiary/aromatic N) is 3. The maximum absolute atomic E-state index is 15.8. The molecule has 3 fully saturated rings. The molecule has 20 amide bonds. The number of unbranched alkanes of at least 4 members (excludes halogenated alkanes) is 1. The molecule has 0 aliphatic carbocycles. The van der Waals surface area contributed by atoms with E-state index in [0.717, 1.165) is 21.6 Å². The van der Waals surface area contributed by atoms with E-state index in [0.29, 0.717) is 16.5 Å². The summed E-state index contributed by atoms with van der Waals surface area (Å²) < 4.78 is 0. The summed E-state index contributed by atoms with van der Waals surface area (Å²) >= 11 is 1.26. The number of para-hydroxylation sites is 1. The van der Waals surface area contributed by atoms with Gasteiger partial charge in [-0.25, -0.2) is 4.98 Å². The number of nitrogens with one attached hydrogen (secondary N) is 21. The molecule has 3 saturated heterocycles. The minimum Gasteiger partial charge on any atom is -0.508 e. The van der Waals surface area contributed by atoms with E-state index in [2.05, 4.69) is 111 Å². The average molecular weight is 2140 g/mol. The first-order valence-electron chi connectivity index (χ1n) is 49.1. The Labute approximate surface area is 872 Å². The number of carbonyl (C=O) groups is 21. The highest BCUT2D eigenvalue weighted by atomic mass is 33.1. The fraction of sp³-hybridized carbons (Fsp3) is 0.585. The first kappa shape index (κ1) is 122. The van der Waals surface area contributed by atoms with Crippen LogP contribution in [-0.2, 0) is 120 Å². The number of likely N-dealkylation sites (tertiary alicyclic amines) is 1. The topological polar surface area (TPSA) is 815 Å². The molecule has 0 radical (unpaired) electrons. The molecule has 2 aromatic carbocycles. The molecule has 4 aromatic rings. The number of aromatic amines is 2. The Morgan fingerprint density at radius 3 is 1.86 bits per heavy atom. The predicted molar refractivity (Wildman–Crippen MR) is 549 cm³/mol. The lowest BCUT2D eigenvalue weighted by molar-refractivity contribution is -0.142. The number of carboxylic acids is 1. The fourth-order valence-electron chi connectivity index (χ4n) is 16.5. The van der Waals surface area contributed by atoms with Gasteiger partial charge in [0.1, 0.15) is 96.4 Å². The lowest BCUT2D eigenvalue weighted by Gasteiger charge is -2.31. The van der Waals surface area contributed by atoms with Crippen molar-refractivity contribution in [3.8, 4) is 5.75 Å². The van der Waals surface area contributed by atoms with E-state index in [4.69, 9.17) is 28.3 Å². The lowest BCUT2D eigenvalue weighted by Crippen LogP contribution is -2.62. The summed E-state index contributed by atoms with van der Waals surface area (Å²) in [5, 5.41) is 86.4. The number of aliphatic hydroxyl groups is 1. The first-order valence-corrected chi connectivity index (χ1v) is 53.0. The highest BCUT2D eigenvalue weighted by Crippen LogP contribution is 2.28. The number of aromatic nitrogens is 3. The third kappa shape index (κ3) is 40.6. The summed E-state index contributed by atoms with van der Waals surface area (Å²) in [5.41, 5.74) is 23.6. The van der Waals surface area contributed by atoms with Gasteiger partial charge in [0.15, 0.2) is 5.96 Å². The molecule has 0 unspecified atom stereocenters. The Morgan fingerprint density at radius 2 is 1.21 bits per heavy atom. The van der Waals surface area contributed by atoms with Gasteiger partial charge in [0.25, 0.3) is 0 Å². The van der Waals surface area contributed by atoms with Crippen LogP contribution in [0.25, 0.3) is 10.9 Å². The first-order chi connectivity index (χ1) is 70.8. The van der Waals surface area contributed by atoms with E-state index in [1.165, 1.54) is 79.1 Å². The van der Waals surface area contributed by atoms with Crippen molar-refractivity contribution in [1.82, 2.24) is 120 Å². The molecule has 55 heteroatoms. The van der Waals surface area contributed by atoms with Crippen molar-refractivity contribution >= 4 is 174 Å². The van der Waals surface area contributed by atoms with E-state index in [1.807, 2.05) is 0 Å². The number of aliphatic hydroxyl groups excluding tert-OH is 1. The van der Waals surface area contributed by atoms with Gasteiger partial charge in [0.2, 0.25) is 118 Å². The summed E-state index contributed by atoms with van der Waals surface area (Å²) in [4.78, 5) is 315. The van der Waals surface area contributed by atoms with Gasteiger partial charge in [-0.2, -0.15) is 11.8 Å². The number of fused-ring (bicyclic) bond motifs is 2. The molecule has 0 saturated carbocycles. The second kappa shape index (κ2) is 61.7. The molecule has 2 aromatic heterocycles. The predicted octanol–water partition coefficient (Wildman–Crippen LogP) is -7.04. The zero-order chi connectivity index (χ0) is 110. The van der Waals surface area contributed by atoms with Crippen LogP contribution >= 0.6 is 33.3 Å².